The van der Waals surface area contributed by atoms with Crippen LogP contribution in [0.1, 0.15) is 10.8 Å². The Morgan fingerprint density at radius 3 is 2.50 bits per heavy atom. The van der Waals surface area contributed by atoms with Gasteiger partial charge in [0.05, 0.1) is 15.9 Å². The molecule has 0 spiro atoms. The predicted molar refractivity (Wildman–Crippen MR) is 91.0 cm³/mol. The van der Waals surface area contributed by atoms with E-state index in [0.29, 0.717) is 14.5 Å². The number of aryl methyl sites for hydroxylation is 1. The van der Waals surface area contributed by atoms with Crippen molar-refractivity contribution in [2.24, 2.45) is 0 Å². The number of halogens is 6. The van der Waals surface area contributed by atoms with E-state index >= 15 is 0 Å². The van der Waals surface area contributed by atoms with Crippen molar-refractivity contribution in [1.29, 1.82) is 0 Å². The van der Waals surface area contributed by atoms with E-state index in [-0.39, 0.29) is 32.7 Å². The Bertz CT molecular complexity index is 1030. The van der Waals surface area contributed by atoms with Crippen LogP contribution in [0.15, 0.2) is 19.8 Å². The van der Waals surface area contributed by atoms with E-state index in [1.54, 1.807) is 6.07 Å². The minimum Gasteiger partial charge on any atom is -0.268 e. The van der Waals surface area contributed by atoms with Gasteiger partial charge in [-0.3, -0.25) is 4.79 Å². The summed E-state index contributed by atoms with van der Waals surface area (Å²) in [5.74, 6) is 0.163. The van der Waals surface area contributed by atoms with Crippen molar-refractivity contribution in [3.8, 4) is 5.13 Å². The minimum atomic E-state index is -4.64. The first-order valence-electron chi connectivity index (χ1n) is 6.09. The molecule has 5 nitrogen and oxygen atoms in total. The molecule has 0 aliphatic carbocycles. The van der Waals surface area contributed by atoms with Crippen LogP contribution in [0.2, 0.25) is 5.02 Å². The van der Waals surface area contributed by atoms with Crippen LogP contribution in [0.25, 0.3) is 16.0 Å². The van der Waals surface area contributed by atoms with Crippen LogP contribution in [0.3, 0.4) is 0 Å². The molecule has 0 saturated heterocycles. The molecule has 126 valence electrons. The highest BCUT2D eigenvalue weighted by Crippen LogP contribution is 2.35. The Labute approximate surface area is 157 Å². The van der Waals surface area contributed by atoms with Gasteiger partial charge in [-0.1, -0.05) is 22.9 Å². The fourth-order valence-corrected chi connectivity index (χ4v) is 4.24. The zero-order valence-corrected chi connectivity index (χ0v) is 16.2. The van der Waals surface area contributed by atoms with Crippen molar-refractivity contribution in [2.75, 3.05) is 0 Å². The third kappa shape index (κ3) is 2.87. The molecule has 3 rings (SSSR count). The minimum absolute atomic E-state index is 0.0623. The Morgan fingerprint density at radius 2 is 1.92 bits per heavy atom. The first kappa shape index (κ1) is 17.8. The maximum absolute atomic E-state index is 12.8. The number of hydrogen-bond donors (Lipinski definition) is 0. The molecule has 0 aliphatic heterocycles. The summed E-state index contributed by atoms with van der Waals surface area (Å²) in [6.07, 6.45) is -4.64. The molecule has 0 atom stereocenters. The number of benzene rings is 1. The zero-order chi connectivity index (χ0) is 17.8. The summed E-state index contributed by atoms with van der Waals surface area (Å²) in [5, 5.41) is 5.34. The van der Waals surface area contributed by atoms with E-state index in [0.717, 1.165) is 4.57 Å². The van der Waals surface area contributed by atoms with Gasteiger partial charge in [-0.2, -0.15) is 13.2 Å². The third-order valence-electron chi connectivity index (χ3n) is 3.01. The van der Waals surface area contributed by atoms with Crippen molar-refractivity contribution in [3.63, 3.8) is 0 Å². The van der Waals surface area contributed by atoms with Gasteiger partial charge in [0.25, 0.3) is 5.56 Å². The van der Waals surface area contributed by atoms with Crippen LogP contribution in [0.5, 0.6) is 0 Å². The highest BCUT2D eigenvalue weighted by Gasteiger charge is 2.36. The zero-order valence-electron chi connectivity index (χ0n) is 11.5. The second kappa shape index (κ2) is 6.04. The molecular formula is C12H4Br2ClF3N4OS. The van der Waals surface area contributed by atoms with Gasteiger partial charge in [-0.25, -0.2) is 9.55 Å². The number of fused-ring (bicyclic) bond motifs is 1. The van der Waals surface area contributed by atoms with Crippen LogP contribution in [0, 0.1) is 6.92 Å². The number of hydrogen-bond acceptors (Lipinski definition) is 5. The Kier molecular flexibility index (Phi) is 4.47. The molecule has 1 aromatic carbocycles. The van der Waals surface area contributed by atoms with Gasteiger partial charge in [-0.15, -0.1) is 10.2 Å². The molecule has 0 bridgehead atoms. The van der Waals surface area contributed by atoms with E-state index in [1.165, 1.54) is 6.92 Å². The summed E-state index contributed by atoms with van der Waals surface area (Å²) in [4.78, 5) is 17.0. The summed E-state index contributed by atoms with van der Waals surface area (Å²) >= 11 is 12.9. The first-order valence-corrected chi connectivity index (χ1v) is 8.87. The molecule has 24 heavy (non-hydrogen) atoms. The average molecular weight is 505 g/mol. The van der Waals surface area contributed by atoms with Crippen molar-refractivity contribution in [3.05, 3.63) is 41.2 Å². The van der Waals surface area contributed by atoms with Gasteiger partial charge in [0.2, 0.25) is 10.1 Å². The molecule has 2 heterocycles. The van der Waals surface area contributed by atoms with Crippen molar-refractivity contribution in [1.82, 2.24) is 19.7 Å². The smallest absolute Gasteiger partial charge is 0.268 e. The van der Waals surface area contributed by atoms with Gasteiger partial charge in [0, 0.05) is 8.95 Å². The largest absolute Gasteiger partial charge is 0.445 e. The predicted octanol–water partition coefficient (Wildman–Crippen LogP) is 4.74. The number of nitrogens with zero attached hydrogens (tertiary/aromatic N) is 4. The molecule has 0 amide bonds. The molecule has 12 heteroatoms. The van der Waals surface area contributed by atoms with Gasteiger partial charge in [0.1, 0.15) is 5.82 Å². The second-order valence-electron chi connectivity index (χ2n) is 4.56. The lowest BCUT2D eigenvalue weighted by molar-refractivity contribution is -0.138. The quantitative estimate of drug-likeness (QED) is 0.449. The third-order valence-corrected chi connectivity index (χ3v) is 5.81. The van der Waals surface area contributed by atoms with Crippen LogP contribution >= 0.6 is 54.8 Å². The van der Waals surface area contributed by atoms with Crippen molar-refractivity contribution in [2.45, 2.75) is 13.1 Å². The van der Waals surface area contributed by atoms with Crippen LogP contribution < -0.4 is 5.56 Å². The summed E-state index contributed by atoms with van der Waals surface area (Å²) in [6.45, 7) is 1.48. The maximum Gasteiger partial charge on any atom is 0.445 e. The molecule has 2 aromatic heterocycles. The summed E-state index contributed by atoms with van der Waals surface area (Å²) < 4.78 is 40.1. The molecule has 3 aromatic rings. The highest BCUT2D eigenvalue weighted by atomic mass is 79.9. The molecular weight excluding hydrogens is 500 g/mol. The highest BCUT2D eigenvalue weighted by molar-refractivity contribution is 9.11. The summed E-state index contributed by atoms with van der Waals surface area (Å²) in [7, 11) is 0. The normalized spacial score (nSPS) is 12.1. The van der Waals surface area contributed by atoms with E-state index in [4.69, 9.17) is 11.6 Å². The Balaban J connectivity index is 2.36. The summed E-state index contributed by atoms with van der Waals surface area (Å²) in [5.41, 5.74) is -0.322. The second-order valence-corrected chi connectivity index (χ2v) is 7.61. The number of aromatic nitrogens is 4. The Morgan fingerprint density at radius 1 is 1.25 bits per heavy atom. The van der Waals surface area contributed by atoms with E-state index < -0.39 is 16.7 Å². The van der Waals surface area contributed by atoms with Gasteiger partial charge in [0.15, 0.2) is 0 Å². The standard InChI is InChI=1S/C12H4Br2ClF3N4OS/c1-3-19-8-5(14)2-4(13)7(15)6(8)9(23)22(3)11-21-20-10(24-11)12(16,17)18/h2H,1H3. The number of alkyl halides is 3. The van der Waals surface area contributed by atoms with Gasteiger partial charge < -0.3 is 0 Å². The summed E-state index contributed by atoms with van der Waals surface area (Å²) in [6, 6.07) is 1.63. The lowest BCUT2D eigenvalue weighted by Gasteiger charge is -2.10. The monoisotopic (exact) mass is 502 g/mol. The van der Waals surface area contributed by atoms with Crippen LogP contribution in [-0.2, 0) is 6.18 Å². The first-order chi connectivity index (χ1) is 11.1. The maximum atomic E-state index is 12.8. The van der Waals surface area contributed by atoms with Gasteiger partial charge >= 0.3 is 6.18 Å². The van der Waals surface area contributed by atoms with Crippen LogP contribution in [-0.4, -0.2) is 19.7 Å². The lowest BCUT2D eigenvalue weighted by Crippen LogP contribution is -2.22. The molecule has 0 radical (unpaired) electrons. The fourth-order valence-electron chi connectivity index (χ4n) is 2.01. The Hall–Kier alpha value is -1.04. The molecule has 0 aliphatic rings. The van der Waals surface area contributed by atoms with Crippen LogP contribution in [0.4, 0.5) is 13.2 Å². The molecule has 0 unspecified atom stereocenters. The number of rotatable bonds is 1. The molecule has 0 saturated carbocycles. The van der Waals surface area contributed by atoms with E-state index in [9.17, 15) is 18.0 Å². The molecule has 0 fully saturated rings. The topological polar surface area (TPSA) is 60.7 Å². The van der Waals surface area contributed by atoms with Gasteiger partial charge in [-0.05, 0) is 44.8 Å². The van der Waals surface area contributed by atoms with Crippen molar-refractivity contribution < 1.29 is 13.2 Å². The average Bonchev–Trinajstić information content (AvgIpc) is 2.94. The molecule has 0 N–H and O–H groups in total. The van der Waals surface area contributed by atoms with Crippen molar-refractivity contribution >= 4 is 65.7 Å². The SMILES string of the molecule is Cc1nc2c(Br)cc(Br)c(Cl)c2c(=O)n1-c1nnc(C(F)(F)F)s1. The fraction of sp³-hybridized carbons (Fsp3) is 0.167. The van der Waals surface area contributed by atoms with E-state index in [2.05, 4.69) is 47.0 Å². The lowest BCUT2D eigenvalue weighted by atomic mass is 10.2. The van der Waals surface area contributed by atoms with E-state index in [1.807, 2.05) is 0 Å².